The predicted molar refractivity (Wildman–Crippen MR) is 65.2 cm³/mol. The summed E-state index contributed by atoms with van der Waals surface area (Å²) in [4.78, 5) is 9.44. The molecule has 6 heteroatoms. The predicted octanol–water partition coefficient (Wildman–Crippen LogP) is -0.156. The Balaban J connectivity index is -0.0000000688. The van der Waals surface area contributed by atoms with Crippen molar-refractivity contribution in [2.24, 2.45) is 0 Å². The average molecular weight is 251 g/mol. The van der Waals surface area contributed by atoms with Gasteiger partial charge in [0.05, 0.1) is 19.3 Å². The molecule has 0 aromatic heterocycles. The molecule has 0 heterocycles. The highest BCUT2D eigenvalue weighted by Crippen LogP contribution is 1.71. The fourth-order valence-electron chi connectivity index (χ4n) is 0.0577. The molecule has 0 aliphatic heterocycles. The number of nitrogens with zero attached hydrogens (tertiary/aromatic N) is 1. The van der Waals surface area contributed by atoms with Crippen molar-refractivity contribution < 1.29 is 25.2 Å². The standard InChI is InChI=1S/C3H8O3.C3H8O.C3H6O.C2H3N/c4-1-3(6)2-5;2*1-3(2)4;1-2-3/h3-6H,1-2H2;3-4H,1-2H3;1-2H3;1H3. The van der Waals surface area contributed by atoms with Crippen molar-refractivity contribution in [1.29, 1.82) is 5.26 Å². The lowest BCUT2D eigenvalue weighted by atomic mass is 10.4. The molecule has 0 rings (SSSR count). The summed E-state index contributed by atoms with van der Waals surface area (Å²) in [7, 11) is 0. The summed E-state index contributed by atoms with van der Waals surface area (Å²) in [5, 5.41) is 39.4. The van der Waals surface area contributed by atoms with Crippen LogP contribution in [0.3, 0.4) is 0 Å². The van der Waals surface area contributed by atoms with E-state index in [2.05, 4.69) is 0 Å². The van der Waals surface area contributed by atoms with Crippen molar-refractivity contribution in [2.75, 3.05) is 13.2 Å². The Morgan fingerprint density at radius 3 is 1.29 bits per heavy atom. The second-order valence-electron chi connectivity index (χ2n) is 3.24. The van der Waals surface area contributed by atoms with E-state index in [9.17, 15) is 4.79 Å². The number of carbonyl (C=O) groups is 1. The van der Waals surface area contributed by atoms with Gasteiger partial charge in [-0.3, -0.25) is 0 Å². The second-order valence-corrected chi connectivity index (χ2v) is 3.24. The Morgan fingerprint density at radius 2 is 1.29 bits per heavy atom. The van der Waals surface area contributed by atoms with E-state index in [0.717, 1.165) is 0 Å². The van der Waals surface area contributed by atoms with Gasteiger partial charge in [0.2, 0.25) is 0 Å². The van der Waals surface area contributed by atoms with Gasteiger partial charge in [-0.05, 0) is 27.7 Å². The number of aliphatic hydroxyl groups excluding tert-OH is 4. The molecule has 17 heavy (non-hydrogen) atoms. The molecule has 0 atom stereocenters. The van der Waals surface area contributed by atoms with Gasteiger partial charge < -0.3 is 25.2 Å². The van der Waals surface area contributed by atoms with Crippen molar-refractivity contribution in [3.05, 3.63) is 0 Å². The first-order chi connectivity index (χ1) is 7.69. The zero-order valence-corrected chi connectivity index (χ0v) is 11.2. The van der Waals surface area contributed by atoms with Crippen LogP contribution >= 0.6 is 0 Å². The van der Waals surface area contributed by atoms with Gasteiger partial charge in [-0.25, -0.2) is 0 Å². The van der Waals surface area contributed by atoms with Gasteiger partial charge in [0.15, 0.2) is 0 Å². The van der Waals surface area contributed by atoms with Crippen LogP contribution in [0.4, 0.5) is 0 Å². The molecule has 0 aliphatic rings. The number of ketones is 1. The molecule has 6 nitrogen and oxygen atoms in total. The van der Waals surface area contributed by atoms with E-state index in [1.165, 1.54) is 20.8 Å². The number of aliphatic hydroxyl groups is 4. The lowest BCUT2D eigenvalue weighted by Crippen LogP contribution is -2.15. The molecular formula is C11H25NO5. The number of rotatable bonds is 2. The average Bonchev–Trinajstić information content (AvgIpc) is 2.16. The number of carbonyl (C=O) groups excluding carboxylic acids is 1. The molecule has 0 saturated heterocycles. The zero-order valence-electron chi connectivity index (χ0n) is 11.2. The van der Waals surface area contributed by atoms with Crippen LogP contribution in [0, 0.1) is 11.3 Å². The first kappa shape index (κ1) is 25.0. The van der Waals surface area contributed by atoms with Crippen molar-refractivity contribution in [3.8, 4) is 6.07 Å². The van der Waals surface area contributed by atoms with Crippen LogP contribution in [0.5, 0.6) is 0 Å². The first-order valence-electron chi connectivity index (χ1n) is 5.05. The fourth-order valence-corrected chi connectivity index (χ4v) is 0.0577. The monoisotopic (exact) mass is 251 g/mol. The lowest BCUT2D eigenvalue weighted by molar-refractivity contribution is -0.114. The smallest absolute Gasteiger partial charge is 0.126 e. The van der Waals surface area contributed by atoms with Gasteiger partial charge >= 0.3 is 0 Å². The van der Waals surface area contributed by atoms with Gasteiger partial charge in [-0.1, -0.05) is 0 Å². The summed E-state index contributed by atoms with van der Waals surface area (Å²) < 4.78 is 0. The van der Waals surface area contributed by atoms with Gasteiger partial charge in [0.25, 0.3) is 0 Å². The minimum atomic E-state index is -0.954. The molecule has 0 radical (unpaired) electrons. The van der Waals surface area contributed by atoms with E-state index in [1.807, 2.05) is 0 Å². The maximum Gasteiger partial charge on any atom is 0.126 e. The SMILES string of the molecule is CC#N.CC(C)=O.CC(C)O.OCC(O)CO. The van der Waals surface area contributed by atoms with E-state index in [-0.39, 0.29) is 25.1 Å². The third-order valence-corrected chi connectivity index (χ3v) is 0.421. The van der Waals surface area contributed by atoms with E-state index >= 15 is 0 Å². The van der Waals surface area contributed by atoms with E-state index in [0.29, 0.717) is 0 Å². The highest BCUT2D eigenvalue weighted by molar-refractivity contribution is 5.72. The second kappa shape index (κ2) is 24.3. The summed E-state index contributed by atoms with van der Waals surface area (Å²) in [5.74, 6) is 0.167. The maximum atomic E-state index is 9.44. The zero-order chi connectivity index (χ0) is 14.9. The Labute approximate surface area is 103 Å². The van der Waals surface area contributed by atoms with Crippen LogP contribution in [0.2, 0.25) is 0 Å². The van der Waals surface area contributed by atoms with Crippen LogP contribution < -0.4 is 0 Å². The van der Waals surface area contributed by atoms with Gasteiger partial charge in [0, 0.05) is 13.0 Å². The van der Waals surface area contributed by atoms with Crippen molar-refractivity contribution in [3.63, 3.8) is 0 Å². The van der Waals surface area contributed by atoms with Gasteiger partial charge in [-0.15, -0.1) is 0 Å². The molecule has 0 amide bonds. The number of hydrogen-bond acceptors (Lipinski definition) is 6. The number of hydrogen-bond donors (Lipinski definition) is 4. The molecule has 0 aromatic rings. The molecular weight excluding hydrogens is 226 g/mol. The summed E-state index contributed by atoms with van der Waals surface area (Å²) in [6.45, 7) is 7.20. The van der Waals surface area contributed by atoms with Crippen LogP contribution in [-0.4, -0.2) is 51.6 Å². The number of Topliss-reactive ketones (excluding diaryl/α,β-unsaturated/α-hetero) is 1. The minimum Gasteiger partial charge on any atom is -0.394 e. The van der Waals surface area contributed by atoms with Crippen LogP contribution in [0.25, 0.3) is 0 Å². The Bertz CT molecular complexity index is 166. The summed E-state index contributed by atoms with van der Waals surface area (Å²) >= 11 is 0. The third kappa shape index (κ3) is 282. The van der Waals surface area contributed by atoms with Crippen molar-refractivity contribution >= 4 is 5.78 Å². The molecule has 104 valence electrons. The highest BCUT2D eigenvalue weighted by Gasteiger charge is 1.93. The number of nitriles is 1. The summed E-state index contributed by atoms with van der Waals surface area (Å²) in [6, 6.07) is 1.75. The van der Waals surface area contributed by atoms with Gasteiger partial charge in [0.1, 0.15) is 11.9 Å². The van der Waals surface area contributed by atoms with E-state index < -0.39 is 6.10 Å². The van der Waals surface area contributed by atoms with Crippen LogP contribution in [0.1, 0.15) is 34.6 Å². The van der Waals surface area contributed by atoms with E-state index in [1.54, 1.807) is 19.9 Å². The summed E-state index contributed by atoms with van der Waals surface area (Å²) in [5.41, 5.74) is 0. The fraction of sp³-hybridized carbons (Fsp3) is 0.818. The Morgan fingerprint density at radius 1 is 1.18 bits per heavy atom. The van der Waals surface area contributed by atoms with Crippen LogP contribution in [0.15, 0.2) is 0 Å². The van der Waals surface area contributed by atoms with Crippen molar-refractivity contribution in [2.45, 2.75) is 46.8 Å². The maximum absolute atomic E-state index is 9.44. The molecule has 4 N–H and O–H groups in total. The molecule has 0 unspecified atom stereocenters. The normalized spacial score (nSPS) is 7.65. The molecule has 0 aliphatic carbocycles. The van der Waals surface area contributed by atoms with E-state index in [4.69, 9.17) is 25.7 Å². The minimum absolute atomic E-state index is 0.167. The molecule has 0 saturated carbocycles. The van der Waals surface area contributed by atoms with Gasteiger partial charge in [-0.2, -0.15) is 5.26 Å². The molecule has 0 spiro atoms. The van der Waals surface area contributed by atoms with Crippen LogP contribution in [-0.2, 0) is 4.79 Å². The largest absolute Gasteiger partial charge is 0.394 e. The Kier molecular flexibility index (Phi) is 35.7. The highest BCUT2D eigenvalue weighted by atomic mass is 16.3. The Hall–Kier alpha value is -1.00. The summed E-state index contributed by atoms with van der Waals surface area (Å²) in [6.07, 6.45) is -1.12. The molecule has 0 bridgehead atoms. The topological polar surface area (TPSA) is 122 Å². The first-order valence-corrected chi connectivity index (χ1v) is 5.05. The molecule has 0 aromatic carbocycles. The molecule has 0 fully saturated rings. The third-order valence-electron chi connectivity index (χ3n) is 0.421. The quantitative estimate of drug-likeness (QED) is 0.541. The van der Waals surface area contributed by atoms with Crippen molar-refractivity contribution in [1.82, 2.24) is 0 Å². The lowest BCUT2D eigenvalue weighted by Gasteiger charge is -1.96.